The van der Waals surface area contributed by atoms with Crippen LogP contribution in [0, 0.1) is 6.92 Å². The van der Waals surface area contributed by atoms with Gasteiger partial charge in [0.15, 0.2) is 11.5 Å². The summed E-state index contributed by atoms with van der Waals surface area (Å²) in [4.78, 5) is 27.9. The van der Waals surface area contributed by atoms with E-state index in [2.05, 4.69) is 0 Å². The first kappa shape index (κ1) is 17.9. The molecule has 0 saturated carbocycles. The molecule has 1 saturated heterocycles. The van der Waals surface area contributed by atoms with Gasteiger partial charge in [-0.3, -0.25) is 4.79 Å². The molecule has 0 radical (unpaired) electrons. The maximum atomic E-state index is 12.9. The number of methoxy groups -OCH3 is 3. The van der Waals surface area contributed by atoms with Crippen LogP contribution in [0.25, 0.3) is 0 Å². The van der Waals surface area contributed by atoms with E-state index >= 15 is 0 Å². The fraction of sp³-hybridized carbons (Fsp3) is 0.529. The lowest BCUT2D eigenvalue weighted by Crippen LogP contribution is -2.37. The molecule has 1 fully saturated rings. The molecule has 1 heterocycles. The fourth-order valence-electron chi connectivity index (χ4n) is 2.81. The molecule has 7 heteroatoms. The summed E-state index contributed by atoms with van der Waals surface area (Å²) in [6, 6.07) is 3.50. The Kier molecular flexibility index (Phi) is 5.89. The third-order valence-electron chi connectivity index (χ3n) is 4.18. The minimum atomic E-state index is -0.355. The highest BCUT2D eigenvalue weighted by molar-refractivity contribution is 5.96. The van der Waals surface area contributed by atoms with E-state index in [0.717, 1.165) is 5.56 Å². The summed E-state index contributed by atoms with van der Waals surface area (Å²) in [5.41, 5.74) is 1.41. The number of carbonyl (C=O) groups is 2. The van der Waals surface area contributed by atoms with Crippen LogP contribution in [0.5, 0.6) is 11.5 Å². The van der Waals surface area contributed by atoms with Crippen LogP contribution in [0.2, 0.25) is 0 Å². The van der Waals surface area contributed by atoms with E-state index in [1.165, 1.54) is 7.11 Å². The Balaban J connectivity index is 2.18. The molecule has 2 amide bonds. The van der Waals surface area contributed by atoms with E-state index in [-0.39, 0.29) is 12.0 Å². The molecule has 24 heavy (non-hydrogen) atoms. The van der Waals surface area contributed by atoms with Crippen LogP contribution in [-0.2, 0) is 4.74 Å². The highest BCUT2D eigenvalue weighted by atomic mass is 16.5. The van der Waals surface area contributed by atoms with Crippen LogP contribution in [0.4, 0.5) is 4.79 Å². The minimum absolute atomic E-state index is 0.0693. The van der Waals surface area contributed by atoms with E-state index < -0.39 is 0 Å². The van der Waals surface area contributed by atoms with Gasteiger partial charge in [0.25, 0.3) is 5.91 Å². The van der Waals surface area contributed by atoms with Crippen LogP contribution < -0.4 is 9.47 Å². The smallest absolute Gasteiger partial charge is 0.409 e. The third-order valence-corrected chi connectivity index (χ3v) is 4.18. The summed E-state index contributed by atoms with van der Waals surface area (Å²) in [5.74, 6) is 1.05. The molecule has 2 rings (SSSR count). The Morgan fingerprint density at radius 1 is 0.917 bits per heavy atom. The van der Waals surface area contributed by atoms with Crippen molar-refractivity contribution in [1.82, 2.24) is 9.80 Å². The predicted octanol–water partition coefficient (Wildman–Crippen LogP) is 1.93. The van der Waals surface area contributed by atoms with Crippen molar-refractivity contribution in [3.8, 4) is 11.5 Å². The molecule has 1 aliphatic rings. The van der Waals surface area contributed by atoms with Crippen molar-refractivity contribution in [2.24, 2.45) is 0 Å². The van der Waals surface area contributed by atoms with E-state index in [1.807, 2.05) is 6.92 Å². The van der Waals surface area contributed by atoms with Gasteiger partial charge in [0.05, 0.1) is 21.3 Å². The summed E-state index contributed by atoms with van der Waals surface area (Å²) >= 11 is 0. The molecule has 1 aromatic carbocycles. The van der Waals surface area contributed by atoms with Crippen LogP contribution in [0.1, 0.15) is 22.3 Å². The number of carbonyl (C=O) groups excluding carboxylic acids is 2. The van der Waals surface area contributed by atoms with Crippen LogP contribution in [0.3, 0.4) is 0 Å². The second-order valence-corrected chi connectivity index (χ2v) is 5.62. The van der Waals surface area contributed by atoms with Gasteiger partial charge < -0.3 is 24.0 Å². The van der Waals surface area contributed by atoms with Gasteiger partial charge in [-0.1, -0.05) is 0 Å². The number of hydrogen-bond donors (Lipinski definition) is 0. The highest BCUT2D eigenvalue weighted by Gasteiger charge is 2.25. The molecule has 132 valence electrons. The SMILES string of the molecule is COC(=O)N1CCCN(C(=O)c2cc(OC)c(OC)cc2C)CC1. The lowest BCUT2D eigenvalue weighted by Gasteiger charge is -2.22. The number of ether oxygens (including phenoxy) is 3. The van der Waals surface area contributed by atoms with Gasteiger partial charge in [-0.2, -0.15) is 0 Å². The van der Waals surface area contributed by atoms with Crippen molar-refractivity contribution < 1.29 is 23.8 Å². The zero-order valence-electron chi connectivity index (χ0n) is 14.6. The third kappa shape index (κ3) is 3.72. The minimum Gasteiger partial charge on any atom is -0.493 e. The summed E-state index contributed by atoms with van der Waals surface area (Å²) < 4.78 is 15.3. The molecule has 7 nitrogen and oxygen atoms in total. The Morgan fingerprint density at radius 3 is 2.12 bits per heavy atom. The second kappa shape index (κ2) is 7.90. The lowest BCUT2D eigenvalue weighted by atomic mass is 10.1. The standard InChI is InChI=1S/C17H24N2O5/c1-12-10-14(22-2)15(23-3)11-13(12)16(20)18-6-5-7-19(9-8-18)17(21)24-4/h10-11H,5-9H2,1-4H3. The molecular formula is C17H24N2O5. The number of hydrogen-bond acceptors (Lipinski definition) is 5. The molecule has 0 aromatic heterocycles. The van der Waals surface area contributed by atoms with Crippen molar-refractivity contribution in [3.63, 3.8) is 0 Å². The van der Waals surface area contributed by atoms with E-state index in [9.17, 15) is 9.59 Å². The lowest BCUT2D eigenvalue weighted by molar-refractivity contribution is 0.0756. The number of rotatable bonds is 3. The molecule has 0 atom stereocenters. The van der Waals surface area contributed by atoms with Crippen molar-refractivity contribution >= 4 is 12.0 Å². The first-order valence-electron chi connectivity index (χ1n) is 7.86. The molecule has 0 N–H and O–H groups in total. The zero-order valence-corrected chi connectivity index (χ0v) is 14.6. The molecule has 0 unspecified atom stereocenters. The van der Waals surface area contributed by atoms with E-state index in [1.54, 1.807) is 36.2 Å². The largest absolute Gasteiger partial charge is 0.493 e. The molecule has 1 aromatic rings. The normalized spacial score (nSPS) is 14.8. The van der Waals surface area contributed by atoms with Gasteiger partial charge in [0.1, 0.15) is 0 Å². The Labute approximate surface area is 142 Å². The Morgan fingerprint density at radius 2 is 1.50 bits per heavy atom. The Bertz CT molecular complexity index is 617. The molecule has 0 spiro atoms. The van der Waals surface area contributed by atoms with Crippen LogP contribution in [0.15, 0.2) is 12.1 Å². The predicted molar refractivity (Wildman–Crippen MR) is 88.8 cm³/mol. The average molecular weight is 336 g/mol. The van der Waals surface area contributed by atoms with E-state index in [0.29, 0.717) is 49.7 Å². The van der Waals surface area contributed by atoms with Crippen molar-refractivity contribution in [2.75, 3.05) is 47.5 Å². The van der Waals surface area contributed by atoms with Crippen LogP contribution >= 0.6 is 0 Å². The van der Waals surface area contributed by atoms with Crippen molar-refractivity contribution in [2.45, 2.75) is 13.3 Å². The summed E-state index contributed by atoms with van der Waals surface area (Å²) in [6.07, 6.45) is 0.360. The maximum Gasteiger partial charge on any atom is 0.409 e. The van der Waals surface area contributed by atoms with E-state index in [4.69, 9.17) is 14.2 Å². The Hall–Kier alpha value is -2.44. The molecule has 1 aliphatic heterocycles. The summed E-state index contributed by atoms with van der Waals surface area (Å²) in [6.45, 7) is 3.99. The first-order chi connectivity index (χ1) is 11.5. The molecular weight excluding hydrogens is 312 g/mol. The molecule has 0 aliphatic carbocycles. The maximum absolute atomic E-state index is 12.9. The van der Waals surface area contributed by atoms with Crippen molar-refractivity contribution in [3.05, 3.63) is 23.3 Å². The van der Waals surface area contributed by atoms with Gasteiger partial charge >= 0.3 is 6.09 Å². The van der Waals surface area contributed by atoms with Crippen molar-refractivity contribution in [1.29, 1.82) is 0 Å². The first-order valence-corrected chi connectivity index (χ1v) is 7.86. The monoisotopic (exact) mass is 336 g/mol. The van der Waals surface area contributed by atoms with Gasteiger partial charge in [0.2, 0.25) is 0 Å². The number of amides is 2. The van der Waals surface area contributed by atoms with Gasteiger partial charge in [-0.15, -0.1) is 0 Å². The van der Waals surface area contributed by atoms with Gasteiger partial charge in [0, 0.05) is 31.7 Å². The fourth-order valence-corrected chi connectivity index (χ4v) is 2.81. The summed E-state index contributed by atoms with van der Waals surface area (Å²) in [7, 11) is 4.47. The topological polar surface area (TPSA) is 68.3 Å². The van der Waals surface area contributed by atoms with Gasteiger partial charge in [-0.25, -0.2) is 4.79 Å². The average Bonchev–Trinajstić information content (AvgIpc) is 2.86. The molecule has 0 bridgehead atoms. The van der Waals surface area contributed by atoms with Gasteiger partial charge in [-0.05, 0) is 31.0 Å². The quantitative estimate of drug-likeness (QED) is 0.844. The summed E-state index contributed by atoms with van der Waals surface area (Å²) in [5, 5.41) is 0. The number of aryl methyl sites for hydroxylation is 1. The highest BCUT2D eigenvalue weighted by Crippen LogP contribution is 2.31. The van der Waals surface area contributed by atoms with Crippen LogP contribution in [-0.4, -0.2) is 69.3 Å². The number of nitrogens with zero attached hydrogens (tertiary/aromatic N) is 2. The number of benzene rings is 1. The zero-order chi connectivity index (χ0) is 17.7. The second-order valence-electron chi connectivity index (χ2n) is 5.62.